The van der Waals surface area contributed by atoms with Gasteiger partial charge < -0.3 is 11.1 Å². The van der Waals surface area contributed by atoms with Gasteiger partial charge in [-0.05, 0) is 66.2 Å². The lowest BCUT2D eigenvalue weighted by molar-refractivity contribution is 0.410. The SMILES string of the molecule is Cc1cnc(NC2CCC(N)CC2)nc1-c1cnc2ccc(Br)cn12. The zero-order chi connectivity index (χ0) is 17.4. The molecule has 1 aliphatic rings. The third-order valence-electron chi connectivity index (χ3n) is 4.79. The molecule has 3 aromatic heterocycles. The summed E-state index contributed by atoms with van der Waals surface area (Å²) >= 11 is 3.52. The predicted octanol–water partition coefficient (Wildman–Crippen LogP) is 3.54. The molecule has 0 unspecified atom stereocenters. The summed E-state index contributed by atoms with van der Waals surface area (Å²) in [4.78, 5) is 13.7. The molecule has 1 saturated carbocycles. The molecule has 6 nitrogen and oxygen atoms in total. The van der Waals surface area contributed by atoms with Gasteiger partial charge in [0, 0.05) is 29.0 Å². The number of aromatic nitrogens is 4. The molecule has 4 rings (SSSR count). The molecule has 0 aliphatic heterocycles. The highest BCUT2D eigenvalue weighted by Gasteiger charge is 2.20. The maximum Gasteiger partial charge on any atom is 0.223 e. The Bertz CT molecular complexity index is 898. The van der Waals surface area contributed by atoms with E-state index in [1.807, 2.05) is 42.0 Å². The number of hydrogen-bond acceptors (Lipinski definition) is 5. The van der Waals surface area contributed by atoms with Crippen LogP contribution in [-0.2, 0) is 0 Å². The summed E-state index contributed by atoms with van der Waals surface area (Å²) < 4.78 is 3.05. The number of imidazole rings is 1. The lowest BCUT2D eigenvalue weighted by Crippen LogP contribution is -2.33. The second kappa shape index (κ2) is 6.72. The molecule has 25 heavy (non-hydrogen) atoms. The van der Waals surface area contributed by atoms with Gasteiger partial charge in [0.05, 0.1) is 17.6 Å². The van der Waals surface area contributed by atoms with Crippen molar-refractivity contribution in [2.75, 3.05) is 5.32 Å². The molecule has 3 aromatic rings. The fourth-order valence-electron chi connectivity index (χ4n) is 3.35. The van der Waals surface area contributed by atoms with Crippen LogP contribution in [0.2, 0.25) is 0 Å². The van der Waals surface area contributed by atoms with Gasteiger partial charge in [0.15, 0.2) is 0 Å². The molecule has 1 aliphatic carbocycles. The first-order chi connectivity index (χ1) is 12.1. The van der Waals surface area contributed by atoms with E-state index >= 15 is 0 Å². The summed E-state index contributed by atoms with van der Waals surface area (Å²) in [5, 5.41) is 3.47. The fourth-order valence-corrected chi connectivity index (χ4v) is 3.68. The van der Waals surface area contributed by atoms with E-state index in [0.29, 0.717) is 18.0 Å². The monoisotopic (exact) mass is 400 g/mol. The van der Waals surface area contributed by atoms with Gasteiger partial charge in [-0.1, -0.05) is 0 Å². The van der Waals surface area contributed by atoms with Gasteiger partial charge in [0.25, 0.3) is 0 Å². The van der Waals surface area contributed by atoms with E-state index < -0.39 is 0 Å². The zero-order valence-corrected chi connectivity index (χ0v) is 15.7. The zero-order valence-electron chi connectivity index (χ0n) is 14.1. The van der Waals surface area contributed by atoms with E-state index in [1.54, 1.807) is 0 Å². The first-order valence-electron chi connectivity index (χ1n) is 8.59. The normalized spacial score (nSPS) is 20.8. The highest BCUT2D eigenvalue weighted by atomic mass is 79.9. The molecular formula is C18H21BrN6. The van der Waals surface area contributed by atoms with Crippen molar-refractivity contribution in [1.82, 2.24) is 19.4 Å². The minimum absolute atomic E-state index is 0.337. The third kappa shape index (κ3) is 3.39. The molecule has 3 heterocycles. The molecule has 1 fully saturated rings. The maximum atomic E-state index is 5.99. The number of fused-ring (bicyclic) bond motifs is 1. The molecule has 0 radical (unpaired) electrons. The number of anilines is 1. The van der Waals surface area contributed by atoms with Gasteiger partial charge >= 0.3 is 0 Å². The van der Waals surface area contributed by atoms with Gasteiger partial charge in [0.2, 0.25) is 5.95 Å². The fraction of sp³-hybridized carbons (Fsp3) is 0.389. The molecule has 130 valence electrons. The Balaban J connectivity index is 1.66. The Kier molecular flexibility index (Phi) is 4.43. The van der Waals surface area contributed by atoms with Crippen LogP contribution in [0.5, 0.6) is 0 Å². The van der Waals surface area contributed by atoms with Crippen LogP contribution >= 0.6 is 15.9 Å². The minimum Gasteiger partial charge on any atom is -0.351 e. The quantitative estimate of drug-likeness (QED) is 0.702. The Morgan fingerprint density at radius 3 is 2.76 bits per heavy atom. The molecule has 0 bridgehead atoms. The summed E-state index contributed by atoms with van der Waals surface area (Å²) in [6.07, 6.45) is 9.98. The van der Waals surface area contributed by atoms with Gasteiger partial charge in [-0.15, -0.1) is 0 Å². The molecule has 0 amide bonds. The van der Waals surface area contributed by atoms with E-state index in [4.69, 9.17) is 10.7 Å². The Labute approximate surface area is 155 Å². The van der Waals surface area contributed by atoms with Crippen molar-refractivity contribution in [3.8, 4) is 11.4 Å². The van der Waals surface area contributed by atoms with Crippen LogP contribution in [-0.4, -0.2) is 31.4 Å². The van der Waals surface area contributed by atoms with Crippen LogP contribution in [0.4, 0.5) is 5.95 Å². The van der Waals surface area contributed by atoms with E-state index in [2.05, 4.69) is 31.2 Å². The molecular weight excluding hydrogens is 380 g/mol. The summed E-state index contributed by atoms with van der Waals surface area (Å²) in [7, 11) is 0. The molecule has 7 heteroatoms. The van der Waals surface area contributed by atoms with E-state index in [1.165, 1.54) is 0 Å². The van der Waals surface area contributed by atoms with Crippen LogP contribution < -0.4 is 11.1 Å². The average molecular weight is 401 g/mol. The first kappa shape index (κ1) is 16.5. The predicted molar refractivity (Wildman–Crippen MR) is 103 cm³/mol. The van der Waals surface area contributed by atoms with E-state index in [9.17, 15) is 0 Å². The number of pyridine rings is 1. The van der Waals surface area contributed by atoms with E-state index in [-0.39, 0.29) is 0 Å². The summed E-state index contributed by atoms with van der Waals surface area (Å²) in [6, 6.07) is 4.70. The minimum atomic E-state index is 0.337. The molecule has 3 N–H and O–H groups in total. The number of halogens is 1. The third-order valence-corrected chi connectivity index (χ3v) is 5.26. The highest BCUT2D eigenvalue weighted by molar-refractivity contribution is 9.10. The van der Waals surface area contributed by atoms with Crippen molar-refractivity contribution >= 4 is 27.5 Å². The molecule has 0 saturated heterocycles. The Hall–Kier alpha value is -1.99. The van der Waals surface area contributed by atoms with Gasteiger partial charge in [-0.2, -0.15) is 0 Å². The molecule has 0 spiro atoms. The van der Waals surface area contributed by atoms with Crippen LogP contribution in [0.25, 0.3) is 17.0 Å². The standard InChI is InChI=1S/C18H21BrN6/c1-11-8-22-18(23-14-5-3-13(20)4-6-14)24-17(11)15-9-21-16-7-2-12(19)10-25(15)16/h2,7-10,13-14H,3-6,20H2,1H3,(H,22,23,24). The van der Waals surface area contributed by atoms with Gasteiger partial charge in [-0.25, -0.2) is 15.0 Å². The second-order valence-electron chi connectivity index (χ2n) is 6.70. The van der Waals surface area contributed by atoms with Crippen molar-refractivity contribution in [3.63, 3.8) is 0 Å². The highest BCUT2D eigenvalue weighted by Crippen LogP contribution is 2.26. The number of nitrogens with two attached hydrogens (primary N) is 1. The van der Waals surface area contributed by atoms with E-state index in [0.717, 1.165) is 52.8 Å². The van der Waals surface area contributed by atoms with Gasteiger partial charge in [0.1, 0.15) is 5.65 Å². The van der Waals surface area contributed by atoms with Crippen molar-refractivity contribution in [2.24, 2.45) is 5.73 Å². The van der Waals surface area contributed by atoms with Crippen LogP contribution in [0.1, 0.15) is 31.2 Å². The number of nitrogens with zero attached hydrogens (tertiary/aromatic N) is 4. The summed E-state index contributed by atoms with van der Waals surface area (Å²) in [6.45, 7) is 2.02. The number of rotatable bonds is 3. The van der Waals surface area contributed by atoms with Crippen LogP contribution in [0, 0.1) is 6.92 Å². The summed E-state index contributed by atoms with van der Waals surface area (Å²) in [5.41, 5.74) is 9.77. The molecule has 0 atom stereocenters. The van der Waals surface area contributed by atoms with Crippen molar-refractivity contribution in [2.45, 2.75) is 44.7 Å². The number of nitrogens with one attached hydrogen (secondary N) is 1. The van der Waals surface area contributed by atoms with Crippen molar-refractivity contribution in [1.29, 1.82) is 0 Å². The maximum absolute atomic E-state index is 5.99. The van der Waals surface area contributed by atoms with Crippen molar-refractivity contribution in [3.05, 3.63) is 40.8 Å². The largest absolute Gasteiger partial charge is 0.351 e. The number of aryl methyl sites for hydroxylation is 1. The lowest BCUT2D eigenvalue weighted by Gasteiger charge is -2.26. The van der Waals surface area contributed by atoms with Crippen molar-refractivity contribution < 1.29 is 0 Å². The second-order valence-corrected chi connectivity index (χ2v) is 7.62. The first-order valence-corrected chi connectivity index (χ1v) is 9.38. The van der Waals surface area contributed by atoms with Crippen LogP contribution in [0.3, 0.4) is 0 Å². The van der Waals surface area contributed by atoms with Crippen LogP contribution in [0.15, 0.2) is 35.2 Å². The van der Waals surface area contributed by atoms with Gasteiger partial charge in [-0.3, -0.25) is 4.40 Å². The number of hydrogen-bond donors (Lipinski definition) is 2. The lowest BCUT2D eigenvalue weighted by atomic mass is 9.92. The Morgan fingerprint density at radius 2 is 1.96 bits per heavy atom. The average Bonchev–Trinajstić information content (AvgIpc) is 3.01. The smallest absolute Gasteiger partial charge is 0.223 e. The molecule has 0 aromatic carbocycles. The topological polar surface area (TPSA) is 81.1 Å². The summed E-state index contributed by atoms with van der Waals surface area (Å²) in [5.74, 6) is 0.672. The Morgan fingerprint density at radius 1 is 1.16 bits per heavy atom.